The van der Waals surface area contributed by atoms with E-state index < -0.39 is 0 Å². The summed E-state index contributed by atoms with van der Waals surface area (Å²) in [5, 5.41) is 18.9. The largest absolute Gasteiger partial charge is 0.339 e. The van der Waals surface area contributed by atoms with E-state index >= 15 is 0 Å². The van der Waals surface area contributed by atoms with Crippen LogP contribution in [0.5, 0.6) is 0 Å². The molecule has 0 radical (unpaired) electrons. The molecule has 0 saturated heterocycles. The number of nitrogens with one attached hydrogen (secondary N) is 2. The van der Waals surface area contributed by atoms with Crippen LogP contribution >= 0.6 is 22.7 Å². The lowest BCUT2D eigenvalue weighted by Gasteiger charge is -2.21. The van der Waals surface area contributed by atoms with Gasteiger partial charge < -0.3 is 15.3 Å². The van der Waals surface area contributed by atoms with Crippen LogP contribution in [0.4, 0.5) is 5.69 Å². The van der Waals surface area contributed by atoms with Crippen molar-refractivity contribution >= 4 is 97.0 Å². The average Bonchev–Trinajstić information content (AvgIpc) is 3.80. The smallest absolute Gasteiger partial charge is 0.138 e. The molecule has 0 spiro atoms. The maximum Gasteiger partial charge on any atom is 0.138 e. The van der Waals surface area contributed by atoms with E-state index in [1.165, 1.54) is 51.4 Å². The molecular formula is C42H26N4S2. The molecule has 48 heavy (non-hydrogen) atoms. The van der Waals surface area contributed by atoms with E-state index in [-0.39, 0.29) is 0 Å². The third kappa shape index (κ3) is 4.13. The highest BCUT2D eigenvalue weighted by Gasteiger charge is 2.22. The number of hydrogen-bond donors (Lipinski definition) is 2. The van der Waals surface area contributed by atoms with E-state index in [9.17, 15) is 0 Å². The number of hydrogen-bond acceptors (Lipinski definition) is 5. The Hall–Kier alpha value is -5.82. The lowest BCUT2D eigenvalue weighted by Crippen LogP contribution is -2.26. The van der Waals surface area contributed by atoms with E-state index in [4.69, 9.17) is 10.4 Å². The third-order valence-corrected chi connectivity index (χ3v) is 11.6. The molecule has 0 aliphatic carbocycles. The normalized spacial score (nSPS) is 13.8. The molecule has 0 amide bonds. The summed E-state index contributed by atoms with van der Waals surface area (Å²) in [5.74, 6) is 0.767. The highest BCUT2D eigenvalue weighted by molar-refractivity contribution is 7.28. The van der Waals surface area contributed by atoms with Gasteiger partial charge in [-0.05, 0) is 60.2 Å². The Morgan fingerprint density at radius 3 is 2.19 bits per heavy atom. The molecule has 4 heterocycles. The summed E-state index contributed by atoms with van der Waals surface area (Å²) in [4.78, 5) is 6.27. The maximum atomic E-state index is 8.78. The second-order valence-electron chi connectivity index (χ2n) is 12.0. The van der Waals surface area contributed by atoms with Crippen molar-refractivity contribution in [3.63, 3.8) is 0 Å². The minimum atomic E-state index is 0.448. The van der Waals surface area contributed by atoms with Crippen LogP contribution in [-0.4, -0.2) is 16.1 Å². The van der Waals surface area contributed by atoms with Crippen molar-refractivity contribution in [3.05, 3.63) is 162 Å². The molecule has 226 valence electrons. The Labute approximate surface area is 284 Å². The Balaban J connectivity index is 1.12. The number of aromatic nitrogens is 1. The van der Waals surface area contributed by atoms with Crippen LogP contribution in [0, 0.1) is 5.41 Å². The molecule has 1 aliphatic heterocycles. The number of rotatable bonds is 4. The molecule has 0 saturated carbocycles. The van der Waals surface area contributed by atoms with Gasteiger partial charge in [0.05, 0.1) is 22.6 Å². The molecule has 2 N–H and O–H groups in total. The minimum absolute atomic E-state index is 0.448. The Bertz CT molecular complexity index is 2810. The summed E-state index contributed by atoms with van der Waals surface area (Å²) in [7, 11) is 0. The molecule has 6 heteroatoms. The Morgan fingerprint density at radius 1 is 0.646 bits per heavy atom. The van der Waals surface area contributed by atoms with E-state index in [0.29, 0.717) is 5.71 Å². The number of allylic oxidation sites excluding steroid dienone is 1. The zero-order valence-corrected chi connectivity index (χ0v) is 27.2. The van der Waals surface area contributed by atoms with Crippen LogP contribution in [-0.2, 0) is 0 Å². The highest BCUT2D eigenvalue weighted by Crippen LogP contribution is 2.48. The van der Waals surface area contributed by atoms with Crippen molar-refractivity contribution in [1.29, 1.82) is 5.41 Å². The first-order valence-electron chi connectivity index (χ1n) is 15.9. The van der Waals surface area contributed by atoms with Gasteiger partial charge in [-0.15, -0.1) is 22.7 Å². The topological polar surface area (TPSA) is 53.2 Å². The van der Waals surface area contributed by atoms with E-state index in [1.807, 2.05) is 77.3 Å². The maximum absolute atomic E-state index is 8.78. The standard InChI is InChI=1S/C42H26N4S2/c43-32(25-10-2-1-3-11-25)24-34-30-13-4-7-15-33(30)44-41(45-34)26-18-20-27(21-19-26)46-35-23-22-29-28-12-5-8-16-36(28)47-40(29)39(35)38-31-14-6-9-17-37(31)48-42(38)46/h1-24,43H,(H,44,45)/b34-24-,43-32?. The summed E-state index contributed by atoms with van der Waals surface area (Å²) >= 11 is 3.75. The molecule has 0 bridgehead atoms. The van der Waals surface area contributed by atoms with Gasteiger partial charge in [-0.2, -0.15) is 0 Å². The molecule has 6 aromatic carbocycles. The summed E-state index contributed by atoms with van der Waals surface area (Å²) < 4.78 is 6.39. The summed E-state index contributed by atoms with van der Waals surface area (Å²) in [5.41, 5.74) is 7.38. The molecular weight excluding hydrogens is 625 g/mol. The van der Waals surface area contributed by atoms with Gasteiger partial charge >= 0.3 is 0 Å². The van der Waals surface area contributed by atoms with Crippen molar-refractivity contribution in [2.45, 2.75) is 0 Å². The molecule has 1 aliphatic rings. The van der Waals surface area contributed by atoms with Crippen molar-refractivity contribution in [2.75, 3.05) is 0 Å². The average molecular weight is 651 g/mol. The first-order chi connectivity index (χ1) is 23.7. The van der Waals surface area contributed by atoms with E-state index in [0.717, 1.165) is 39.6 Å². The monoisotopic (exact) mass is 650 g/mol. The van der Waals surface area contributed by atoms with Gasteiger partial charge in [0.2, 0.25) is 0 Å². The fourth-order valence-electron chi connectivity index (χ4n) is 7.01. The Kier molecular flexibility index (Phi) is 6.03. The van der Waals surface area contributed by atoms with Gasteiger partial charge in [0.25, 0.3) is 0 Å². The fraction of sp³-hybridized carbons (Fsp3) is 0. The quantitative estimate of drug-likeness (QED) is 0.183. The number of aliphatic imine (C=N–C) groups is 1. The molecule has 0 fully saturated rings. The van der Waals surface area contributed by atoms with Crippen LogP contribution in [0.25, 0.3) is 62.8 Å². The summed E-state index contributed by atoms with van der Waals surface area (Å²) in [6, 6.07) is 48.8. The zero-order valence-electron chi connectivity index (χ0n) is 25.6. The van der Waals surface area contributed by atoms with Crippen LogP contribution in [0.2, 0.25) is 0 Å². The van der Waals surface area contributed by atoms with Gasteiger partial charge in [0, 0.05) is 57.8 Å². The van der Waals surface area contributed by atoms with Crippen molar-refractivity contribution in [1.82, 2.24) is 9.88 Å². The third-order valence-electron chi connectivity index (χ3n) is 9.25. The number of thiophene rings is 2. The number of benzene rings is 6. The van der Waals surface area contributed by atoms with Gasteiger partial charge in [0.15, 0.2) is 0 Å². The van der Waals surface area contributed by atoms with Gasteiger partial charge in [-0.3, -0.25) is 0 Å². The lowest BCUT2D eigenvalue weighted by atomic mass is 10.0. The number of nitrogens with zero attached hydrogens (tertiary/aromatic N) is 2. The Morgan fingerprint density at radius 2 is 1.35 bits per heavy atom. The highest BCUT2D eigenvalue weighted by atomic mass is 32.1. The second-order valence-corrected chi connectivity index (χ2v) is 14.1. The van der Waals surface area contributed by atoms with E-state index in [1.54, 1.807) is 0 Å². The zero-order chi connectivity index (χ0) is 31.8. The second kappa shape index (κ2) is 10.6. The molecule has 9 aromatic rings. The first kappa shape index (κ1) is 27.3. The number of fused-ring (bicyclic) bond motifs is 10. The SMILES string of the molecule is N=C(/C=C1\NC(c2ccc(-n3c4ccc5c6ccccc6sc5c4c4c5ccccc5sc43)cc2)=Nc2ccccc21)c1ccccc1. The molecule has 10 rings (SSSR count). The van der Waals surface area contributed by atoms with Crippen LogP contribution < -0.4 is 5.32 Å². The lowest BCUT2D eigenvalue weighted by molar-refractivity contribution is 1.18. The van der Waals surface area contributed by atoms with Crippen LogP contribution in [0.3, 0.4) is 0 Å². The molecule has 4 nitrogen and oxygen atoms in total. The van der Waals surface area contributed by atoms with Crippen LogP contribution in [0.1, 0.15) is 16.7 Å². The van der Waals surface area contributed by atoms with Crippen LogP contribution in [0.15, 0.2) is 151 Å². The number of amidine groups is 1. The minimum Gasteiger partial charge on any atom is -0.339 e. The fourth-order valence-corrected chi connectivity index (χ4v) is 9.51. The van der Waals surface area contributed by atoms with Crippen molar-refractivity contribution in [3.8, 4) is 5.69 Å². The molecule has 0 atom stereocenters. The van der Waals surface area contributed by atoms with Gasteiger partial charge in [0.1, 0.15) is 10.7 Å². The predicted molar refractivity (Wildman–Crippen MR) is 206 cm³/mol. The molecule has 0 unspecified atom stereocenters. The van der Waals surface area contributed by atoms with Crippen molar-refractivity contribution < 1.29 is 0 Å². The number of para-hydroxylation sites is 1. The first-order valence-corrected chi connectivity index (χ1v) is 17.5. The van der Waals surface area contributed by atoms with Gasteiger partial charge in [-0.1, -0.05) is 91.0 Å². The van der Waals surface area contributed by atoms with E-state index in [2.05, 4.69) is 101 Å². The summed E-state index contributed by atoms with van der Waals surface area (Å²) in [6.07, 6.45) is 1.90. The van der Waals surface area contributed by atoms with Gasteiger partial charge in [-0.25, -0.2) is 4.99 Å². The molecule has 3 aromatic heterocycles. The predicted octanol–water partition coefficient (Wildman–Crippen LogP) is 11.5. The summed E-state index contributed by atoms with van der Waals surface area (Å²) in [6.45, 7) is 0. The van der Waals surface area contributed by atoms with Crippen molar-refractivity contribution in [2.24, 2.45) is 4.99 Å².